The van der Waals surface area contributed by atoms with Gasteiger partial charge in [0.25, 0.3) is 0 Å². The third-order valence-electron chi connectivity index (χ3n) is 2.29. The Kier molecular flexibility index (Phi) is 3.75. The van der Waals surface area contributed by atoms with E-state index in [1.54, 1.807) is 0 Å². The molecule has 1 aromatic carbocycles. The zero-order valence-electron chi connectivity index (χ0n) is 8.80. The summed E-state index contributed by atoms with van der Waals surface area (Å²) in [5.41, 5.74) is 4.16. The van der Waals surface area contributed by atoms with Gasteiger partial charge in [0.15, 0.2) is 0 Å². The first-order valence-corrected chi connectivity index (χ1v) is 5.00. The summed E-state index contributed by atoms with van der Waals surface area (Å²) in [6.07, 6.45) is 4.61. The Labute approximate surface area is 81.3 Å². The van der Waals surface area contributed by atoms with Gasteiger partial charge in [0, 0.05) is 0 Å². The zero-order valence-corrected chi connectivity index (χ0v) is 8.80. The predicted octanol–water partition coefficient (Wildman–Crippen LogP) is 4.20. The number of benzene rings is 1. The Morgan fingerprint density at radius 3 is 2.31 bits per heavy atom. The molecular formula is C13H18. The van der Waals surface area contributed by atoms with Crippen molar-refractivity contribution in [3.05, 3.63) is 41.5 Å². The maximum atomic E-state index is 2.22. The molecule has 0 aliphatic carbocycles. The van der Waals surface area contributed by atoms with Crippen LogP contribution in [-0.4, -0.2) is 0 Å². The van der Waals surface area contributed by atoms with Gasteiger partial charge in [-0.25, -0.2) is 0 Å². The van der Waals surface area contributed by atoms with Gasteiger partial charge in [-0.1, -0.05) is 49.2 Å². The van der Waals surface area contributed by atoms with Gasteiger partial charge >= 0.3 is 0 Å². The van der Waals surface area contributed by atoms with E-state index in [1.807, 2.05) is 0 Å². The van der Waals surface area contributed by atoms with Crippen molar-refractivity contribution in [2.24, 2.45) is 0 Å². The Morgan fingerprint density at radius 1 is 1.23 bits per heavy atom. The van der Waals surface area contributed by atoms with E-state index in [0.717, 1.165) is 0 Å². The van der Waals surface area contributed by atoms with Gasteiger partial charge < -0.3 is 0 Å². The lowest BCUT2D eigenvalue weighted by atomic mass is 10.0. The van der Waals surface area contributed by atoms with E-state index < -0.39 is 0 Å². The van der Waals surface area contributed by atoms with Crippen LogP contribution in [0.5, 0.6) is 0 Å². The summed E-state index contributed by atoms with van der Waals surface area (Å²) in [7, 11) is 0. The third kappa shape index (κ3) is 2.73. The summed E-state index contributed by atoms with van der Waals surface area (Å²) in [5.74, 6) is 0. The summed E-state index contributed by atoms with van der Waals surface area (Å²) in [6.45, 7) is 6.46. The zero-order chi connectivity index (χ0) is 9.68. The Bertz CT molecular complexity index is 277. The highest BCUT2D eigenvalue weighted by Gasteiger charge is 1.97. The van der Waals surface area contributed by atoms with E-state index in [1.165, 1.54) is 29.5 Å². The molecule has 0 heterocycles. The molecule has 0 radical (unpaired) electrons. The van der Waals surface area contributed by atoms with Crippen LogP contribution >= 0.6 is 0 Å². The van der Waals surface area contributed by atoms with Crippen molar-refractivity contribution in [1.29, 1.82) is 0 Å². The molecule has 0 aliphatic rings. The van der Waals surface area contributed by atoms with Crippen LogP contribution in [0.25, 0.3) is 5.57 Å². The number of hydrogen-bond donors (Lipinski definition) is 0. The standard InChI is InChI=1S/C13H18/c1-4-6-12(5-2)13-9-7-11(3)8-10-13/h5,7-10H,4,6H2,1-3H3. The highest BCUT2D eigenvalue weighted by atomic mass is 14.0. The van der Waals surface area contributed by atoms with Gasteiger partial charge in [0.05, 0.1) is 0 Å². The van der Waals surface area contributed by atoms with Crippen LogP contribution in [-0.2, 0) is 0 Å². The minimum atomic E-state index is 1.18. The third-order valence-corrected chi connectivity index (χ3v) is 2.29. The van der Waals surface area contributed by atoms with Crippen LogP contribution in [0, 0.1) is 6.92 Å². The summed E-state index contributed by atoms with van der Waals surface area (Å²) in [5, 5.41) is 0. The fourth-order valence-corrected chi connectivity index (χ4v) is 1.49. The summed E-state index contributed by atoms with van der Waals surface area (Å²) >= 11 is 0. The number of rotatable bonds is 3. The van der Waals surface area contributed by atoms with E-state index in [-0.39, 0.29) is 0 Å². The average molecular weight is 174 g/mol. The van der Waals surface area contributed by atoms with Crippen molar-refractivity contribution < 1.29 is 0 Å². The number of allylic oxidation sites excluding steroid dienone is 2. The molecule has 70 valence electrons. The lowest BCUT2D eigenvalue weighted by Crippen LogP contribution is -1.84. The molecule has 0 atom stereocenters. The van der Waals surface area contributed by atoms with Crippen molar-refractivity contribution in [3.63, 3.8) is 0 Å². The second kappa shape index (κ2) is 4.86. The average Bonchev–Trinajstić information content (AvgIpc) is 2.16. The van der Waals surface area contributed by atoms with Gasteiger partial charge in [0.1, 0.15) is 0 Å². The minimum absolute atomic E-state index is 1.18. The van der Waals surface area contributed by atoms with Gasteiger partial charge in [0.2, 0.25) is 0 Å². The Morgan fingerprint density at radius 2 is 1.85 bits per heavy atom. The second-order valence-electron chi connectivity index (χ2n) is 3.43. The van der Waals surface area contributed by atoms with Crippen LogP contribution in [0.2, 0.25) is 0 Å². The molecular weight excluding hydrogens is 156 g/mol. The molecule has 0 bridgehead atoms. The molecule has 1 aromatic rings. The number of aryl methyl sites for hydroxylation is 1. The molecule has 1 rings (SSSR count). The Balaban J connectivity index is 2.87. The lowest BCUT2D eigenvalue weighted by Gasteiger charge is -2.05. The second-order valence-corrected chi connectivity index (χ2v) is 3.43. The normalized spacial score (nSPS) is 11.8. The van der Waals surface area contributed by atoms with E-state index in [0.29, 0.717) is 0 Å². The van der Waals surface area contributed by atoms with Crippen molar-refractivity contribution in [2.45, 2.75) is 33.6 Å². The topological polar surface area (TPSA) is 0 Å². The molecule has 13 heavy (non-hydrogen) atoms. The molecule has 0 saturated carbocycles. The molecule has 0 aromatic heterocycles. The lowest BCUT2D eigenvalue weighted by molar-refractivity contribution is 0.972. The molecule has 0 fully saturated rings. The first-order chi connectivity index (χ1) is 6.27. The van der Waals surface area contributed by atoms with Gasteiger partial charge in [-0.3, -0.25) is 0 Å². The van der Waals surface area contributed by atoms with Crippen molar-refractivity contribution in [1.82, 2.24) is 0 Å². The van der Waals surface area contributed by atoms with Crippen molar-refractivity contribution in [2.75, 3.05) is 0 Å². The van der Waals surface area contributed by atoms with E-state index in [2.05, 4.69) is 51.1 Å². The highest BCUT2D eigenvalue weighted by Crippen LogP contribution is 2.19. The Hall–Kier alpha value is -1.04. The predicted molar refractivity (Wildman–Crippen MR) is 59.7 cm³/mol. The molecule has 0 aliphatic heterocycles. The molecule has 0 N–H and O–H groups in total. The summed E-state index contributed by atoms with van der Waals surface area (Å²) in [6, 6.07) is 8.77. The van der Waals surface area contributed by atoms with Crippen LogP contribution in [0.3, 0.4) is 0 Å². The molecule has 0 nitrogen and oxygen atoms in total. The van der Waals surface area contributed by atoms with Crippen molar-refractivity contribution in [3.8, 4) is 0 Å². The molecule has 0 heteroatoms. The minimum Gasteiger partial charge on any atom is -0.0838 e. The summed E-state index contributed by atoms with van der Waals surface area (Å²) in [4.78, 5) is 0. The molecule has 0 spiro atoms. The largest absolute Gasteiger partial charge is 0.0838 e. The van der Waals surface area contributed by atoms with E-state index in [9.17, 15) is 0 Å². The maximum Gasteiger partial charge on any atom is -0.0228 e. The van der Waals surface area contributed by atoms with Gasteiger partial charge in [-0.15, -0.1) is 0 Å². The van der Waals surface area contributed by atoms with Gasteiger partial charge in [-0.2, -0.15) is 0 Å². The van der Waals surface area contributed by atoms with E-state index >= 15 is 0 Å². The van der Waals surface area contributed by atoms with Crippen LogP contribution in [0.15, 0.2) is 30.3 Å². The quantitative estimate of drug-likeness (QED) is 0.644. The SMILES string of the molecule is CC=C(CCC)c1ccc(C)cc1. The molecule has 0 amide bonds. The number of hydrogen-bond acceptors (Lipinski definition) is 0. The van der Waals surface area contributed by atoms with Crippen molar-refractivity contribution >= 4 is 5.57 Å². The van der Waals surface area contributed by atoms with Crippen LogP contribution in [0.4, 0.5) is 0 Å². The molecule has 0 unspecified atom stereocenters. The monoisotopic (exact) mass is 174 g/mol. The van der Waals surface area contributed by atoms with Gasteiger partial charge in [-0.05, 0) is 31.4 Å². The summed E-state index contributed by atoms with van der Waals surface area (Å²) < 4.78 is 0. The fraction of sp³-hybridized carbons (Fsp3) is 0.385. The van der Waals surface area contributed by atoms with E-state index in [4.69, 9.17) is 0 Å². The first-order valence-electron chi connectivity index (χ1n) is 5.00. The fourth-order valence-electron chi connectivity index (χ4n) is 1.49. The molecule has 0 saturated heterocycles. The first kappa shape index (κ1) is 10.0. The van der Waals surface area contributed by atoms with Crippen LogP contribution < -0.4 is 0 Å². The highest BCUT2D eigenvalue weighted by molar-refractivity contribution is 5.65. The van der Waals surface area contributed by atoms with Crippen LogP contribution in [0.1, 0.15) is 37.8 Å². The smallest absolute Gasteiger partial charge is 0.0228 e. The maximum absolute atomic E-state index is 2.22.